The Bertz CT molecular complexity index is 907. The molecule has 1 aliphatic heterocycles. The average Bonchev–Trinajstić information content (AvgIpc) is 3.15. The van der Waals surface area contributed by atoms with Gasteiger partial charge in [-0.2, -0.15) is 4.99 Å². The van der Waals surface area contributed by atoms with E-state index in [-0.39, 0.29) is 29.5 Å². The van der Waals surface area contributed by atoms with Gasteiger partial charge in [0.05, 0.1) is 6.17 Å². The number of halogens is 1. The lowest BCUT2D eigenvalue weighted by atomic mass is 10.0. The molecule has 2 heterocycles. The SMILES string of the molecule is CCc1cc(C(=O)/N=C(\NC2CC(c3ccc(F)cc3)NN2)NC(C)(C)C)ccn1. The number of hydrazine groups is 1. The van der Waals surface area contributed by atoms with E-state index in [1.807, 2.05) is 27.7 Å². The maximum absolute atomic E-state index is 13.2. The second kappa shape index (κ2) is 9.32. The molecule has 160 valence electrons. The Morgan fingerprint density at radius 3 is 2.63 bits per heavy atom. The van der Waals surface area contributed by atoms with Crippen LogP contribution in [-0.2, 0) is 6.42 Å². The van der Waals surface area contributed by atoms with Crippen molar-refractivity contribution in [1.82, 2.24) is 26.5 Å². The monoisotopic (exact) mass is 412 g/mol. The van der Waals surface area contributed by atoms with Crippen LogP contribution in [0.4, 0.5) is 4.39 Å². The van der Waals surface area contributed by atoms with E-state index in [4.69, 9.17) is 0 Å². The van der Waals surface area contributed by atoms with Crippen LogP contribution in [0.1, 0.15) is 61.8 Å². The van der Waals surface area contributed by atoms with Crippen molar-refractivity contribution in [3.8, 4) is 0 Å². The van der Waals surface area contributed by atoms with E-state index in [1.54, 1.807) is 30.5 Å². The van der Waals surface area contributed by atoms with Gasteiger partial charge in [0.1, 0.15) is 5.82 Å². The van der Waals surface area contributed by atoms with Crippen molar-refractivity contribution in [1.29, 1.82) is 0 Å². The molecule has 8 heteroatoms. The number of aliphatic imine (C=N–C) groups is 1. The van der Waals surface area contributed by atoms with Crippen molar-refractivity contribution in [2.24, 2.45) is 4.99 Å². The van der Waals surface area contributed by atoms with Gasteiger partial charge < -0.3 is 10.6 Å². The number of nitrogens with zero attached hydrogens (tertiary/aromatic N) is 2. The molecule has 3 rings (SSSR count). The first-order valence-electron chi connectivity index (χ1n) is 10.1. The number of guanidine groups is 1. The van der Waals surface area contributed by atoms with E-state index in [2.05, 4.69) is 31.5 Å². The molecule has 1 aromatic heterocycles. The fourth-order valence-electron chi connectivity index (χ4n) is 3.15. The van der Waals surface area contributed by atoms with Gasteiger partial charge in [-0.05, 0) is 57.0 Å². The number of rotatable bonds is 4. The van der Waals surface area contributed by atoms with Gasteiger partial charge in [-0.3, -0.25) is 9.78 Å². The highest BCUT2D eigenvalue weighted by molar-refractivity contribution is 6.02. The molecule has 4 N–H and O–H groups in total. The van der Waals surface area contributed by atoms with Crippen LogP contribution in [0.3, 0.4) is 0 Å². The molecule has 2 unspecified atom stereocenters. The van der Waals surface area contributed by atoms with Crippen molar-refractivity contribution in [2.75, 3.05) is 0 Å². The molecule has 1 aliphatic rings. The molecule has 1 aromatic carbocycles. The zero-order valence-corrected chi connectivity index (χ0v) is 17.8. The van der Waals surface area contributed by atoms with Crippen LogP contribution in [0.15, 0.2) is 47.6 Å². The van der Waals surface area contributed by atoms with Crippen molar-refractivity contribution >= 4 is 11.9 Å². The maximum Gasteiger partial charge on any atom is 0.280 e. The summed E-state index contributed by atoms with van der Waals surface area (Å²) < 4.78 is 13.2. The number of carbonyl (C=O) groups is 1. The van der Waals surface area contributed by atoms with Gasteiger partial charge in [-0.1, -0.05) is 19.1 Å². The van der Waals surface area contributed by atoms with Crippen LogP contribution in [0.2, 0.25) is 0 Å². The van der Waals surface area contributed by atoms with Crippen LogP contribution in [-0.4, -0.2) is 28.6 Å². The number of hydrogen-bond donors (Lipinski definition) is 4. The first-order valence-corrected chi connectivity index (χ1v) is 10.1. The summed E-state index contributed by atoms with van der Waals surface area (Å²) in [7, 11) is 0. The maximum atomic E-state index is 13.2. The second-order valence-corrected chi connectivity index (χ2v) is 8.36. The minimum atomic E-state index is -0.340. The van der Waals surface area contributed by atoms with Gasteiger partial charge in [0.2, 0.25) is 5.96 Å². The third kappa shape index (κ3) is 6.08. The normalized spacial score (nSPS) is 19.6. The molecule has 0 saturated carbocycles. The third-order valence-electron chi connectivity index (χ3n) is 4.62. The smallest absolute Gasteiger partial charge is 0.280 e. The number of hydrogen-bond acceptors (Lipinski definition) is 4. The summed E-state index contributed by atoms with van der Waals surface area (Å²) in [4.78, 5) is 21.3. The second-order valence-electron chi connectivity index (χ2n) is 8.36. The zero-order valence-electron chi connectivity index (χ0n) is 17.8. The molecule has 1 amide bonds. The molecule has 1 saturated heterocycles. The molecule has 0 radical (unpaired) electrons. The highest BCUT2D eigenvalue weighted by atomic mass is 19.1. The summed E-state index contributed by atoms with van der Waals surface area (Å²) in [5, 5.41) is 6.53. The van der Waals surface area contributed by atoms with Crippen molar-refractivity contribution in [3.63, 3.8) is 0 Å². The number of aromatic nitrogens is 1. The van der Waals surface area contributed by atoms with Crippen molar-refractivity contribution in [3.05, 3.63) is 65.2 Å². The lowest BCUT2D eigenvalue weighted by Gasteiger charge is -2.25. The summed E-state index contributed by atoms with van der Waals surface area (Å²) in [6, 6.07) is 9.87. The van der Waals surface area contributed by atoms with E-state index in [0.717, 1.165) is 17.7 Å². The number of pyridine rings is 1. The minimum Gasteiger partial charge on any atom is -0.351 e. The van der Waals surface area contributed by atoms with Gasteiger partial charge in [-0.25, -0.2) is 15.2 Å². The van der Waals surface area contributed by atoms with Gasteiger partial charge in [0, 0.05) is 35.5 Å². The minimum absolute atomic E-state index is 0.0157. The standard InChI is InChI=1S/C22H29FN6O/c1-5-17-12-15(10-11-24-17)20(30)26-21(27-22(2,3)4)25-19-13-18(28-29-19)14-6-8-16(23)9-7-14/h6-12,18-19,28-29H,5,13H2,1-4H3,(H2,25,26,27,30). The van der Waals surface area contributed by atoms with E-state index < -0.39 is 0 Å². The Hall–Kier alpha value is -2.84. The molecule has 30 heavy (non-hydrogen) atoms. The first kappa shape index (κ1) is 21.9. The largest absolute Gasteiger partial charge is 0.351 e. The quantitative estimate of drug-likeness (QED) is 0.456. The molecule has 0 bridgehead atoms. The summed E-state index contributed by atoms with van der Waals surface area (Å²) in [5.41, 5.74) is 8.41. The molecule has 2 atom stereocenters. The van der Waals surface area contributed by atoms with Crippen molar-refractivity contribution < 1.29 is 9.18 Å². The fraction of sp³-hybridized carbons (Fsp3) is 0.409. The topological polar surface area (TPSA) is 90.4 Å². The van der Waals surface area contributed by atoms with Crippen LogP contribution >= 0.6 is 0 Å². The Kier molecular flexibility index (Phi) is 6.79. The Morgan fingerprint density at radius 2 is 1.97 bits per heavy atom. The Balaban J connectivity index is 1.73. The lowest BCUT2D eigenvalue weighted by Crippen LogP contribution is -2.54. The molecular formula is C22H29FN6O. The van der Waals surface area contributed by atoms with Gasteiger partial charge in [-0.15, -0.1) is 0 Å². The van der Waals surface area contributed by atoms with Crippen LogP contribution in [0, 0.1) is 5.82 Å². The Labute approximate surface area is 176 Å². The van der Waals surface area contributed by atoms with Gasteiger partial charge in [0.15, 0.2) is 0 Å². The van der Waals surface area contributed by atoms with E-state index in [0.29, 0.717) is 17.9 Å². The zero-order chi connectivity index (χ0) is 21.7. The van der Waals surface area contributed by atoms with Gasteiger partial charge in [0.25, 0.3) is 5.91 Å². The van der Waals surface area contributed by atoms with Gasteiger partial charge >= 0.3 is 0 Å². The number of benzene rings is 1. The summed E-state index contributed by atoms with van der Waals surface area (Å²) in [5.74, 6) is -0.210. The number of amides is 1. The van der Waals surface area contributed by atoms with Crippen LogP contribution in [0.5, 0.6) is 0 Å². The molecule has 2 aromatic rings. The predicted octanol–water partition coefficient (Wildman–Crippen LogP) is 2.82. The van der Waals surface area contributed by atoms with E-state index >= 15 is 0 Å². The summed E-state index contributed by atoms with van der Waals surface area (Å²) in [6.07, 6.45) is 2.91. The molecule has 0 aliphatic carbocycles. The first-order chi connectivity index (χ1) is 14.2. The number of aryl methyl sites for hydroxylation is 1. The van der Waals surface area contributed by atoms with Crippen LogP contribution in [0.25, 0.3) is 0 Å². The van der Waals surface area contributed by atoms with Crippen molar-refractivity contribution in [2.45, 2.75) is 58.3 Å². The number of nitrogens with one attached hydrogen (secondary N) is 4. The molecular weight excluding hydrogens is 383 g/mol. The fourth-order valence-corrected chi connectivity index (χ4v) is 3.15. The Morgan fingerprint density at radius 1 is 1.23 bits per heavy atom. The molecule has 1 fully saturated rings. The number of carbonyl (C=O) groups excluding carboxylic acids is 1. The highest BCUT2D eigenvalue weighted by Crippen LogP contribution is 2.21. The molecule has 0 spiro atoms. The highest BCUT2D eigenvalue weighted by Gasteiger charge is 2.27. The third-order valence-corrected chi connectivity index (χ3v) is 4.62. The van der Waals surface area contributed by atoms with Crippen LogP contribution < -0.4 is 21.5 Å². The summed E-state index contributed by atoms with van der Waals surface area (Å²) >= 11 is 0. The predicted molar refractivity (Wildman–Crippen MR) is 115 cm³/mol. The average molecular weight is 413 g/mol. The molecule has 7 nitrogen and oxygen atoms in total. The van der Waals surface area contributed by atoms with E-state index in [9.17, 15) is 9.18 Å². The summed E-state index contributed by atoms with van der Waals surface area (Å²) in [6.45, 7) is 7.98. The van der Waals surface area contributed by atoms with E-state index in [1.165, 1.54) is 12.1 Å². The lowest BCUT2D eigenvalue weighted by molar-refractivity contribution is 0.100.